The fourth-order valence-corrected chi connectivity index (χ4v) is 4.84. The zero-order valence-electron chi connectivity index (χ0n) is 19.5. The van der Waals surface area contributed by atoms with Crippen LogP contribution in [0.3, 0.4) is 0 Å². The van der Waals surface area contributed by atoms with Gasteiger partial charge in [-0.15, -0.1) is 0 Å². The lowest BCUT2D eigenvalue weighted by Crippen LogP contribution is -2.31. The maximum absolute atomic E-state index is 13.7. The quantitative estimate of drug-likeness (QED) is 0.363. The maximum atomic E-state index is 13.7. The predicted molar refractivity (Wildman–Crippen MR) is 137 cm³/mol. The number of carbonyl (C=O) groups excluding carboxylic acids is 2. The lowest BCUT2D eigenvalue weighted by atomic mass is 10.0. The van der Waals surface area contributed by atoms with Crippen LogP contribution in [0.1, 0.15) is 17.5 Å². The first-order valence-electron chi connectivity index (χ1n) is 11.7. The van der Waals surface area contributed by atoms with E-state index in [1.165, 1.54) is 18.2 Å². The monoisotopic (exact) mass is 558 g/mol. The van der Waals surface area contributed by atoms with Crippen molar-refractivity contribution in [3.05, 3.63) is 105 Å². The van der Waals surface area contributed by atoms with Crippen molar-refractivity contribution in [3.8, 4) is 16.8 Å². The van der Waals surface area contributed by atoms with E-state index in [4.69, 9.17) is 9.84 Å². The van der Waals surface area contributed by atoms with Crippen LogP contribution in [0.4, 0.5) is 4.39 Å². The number of aromatic nitrogens is 2. The Morgan fingerprint density at radius 2 is 1.81 bits per heavy atom. The molecule has 1 atom stereocenters. The molecule has 2 aliphatic heterocycles. The summed E-state index contributed by atoms with van der Waals surface area (Å²) >= 11 is 3.45. The number of amides is 2. The van der Waals surface area contributed by atoms with Gasteiger partial charge in [0.1, 0.15) is 18.1 Å². The number of ether oxygens (including phenoxy) is 1. The van der Waals surface area contributed by atoms with E-state index in [1.54, 1.807) is 21.7 Å². The van der Waals surface area contributed by atoms with E-state index in [1.807, 2.05) is 48.7 Å². The topological polar surface area (TPSA) is 76.8 Å². The maximum Gasteiger partial charge on any atom is 0.270 e. The zero-order chi connectivity index (χ0) is 25.5. The van der Waals surface area contributed by atoms with Crippen molar-refractivity contribution in [1.29, 1.82) is 0 Å². The molecule has 184 valence electrons. The molecule has 0 aliphatic carbocycles. The molecule has 37 heavy (non-hydrogen) atoms. The Kier molecular flexibility index (Phi) is 6.02. The van der Waals surface area contributed by atoms with Gasteiger partial charge in [0.05, 0.1) is 11.0 Å². The second kappa shape index (κ2) is 9.49. The molecule has 1 aromatic heterocycles. The van der Waals surface area contributed by atoms with Gasteiger partial charge in [0.15, 0.2) is 6.23 Å². The molecule has 0 N–H and O–H groups in total. The summed E-state index contributed by atoms with van der Waals surface area (Å²) in [6.45, 7) is 0.353. The molecule has 6 rings (SSSR count). The molecule has 0 spiro atoms. The van der Waals surface area contributed by atoms with Crippen LogP contribution in [0.2, 0.25) is 0 Å². The molecular formula is C28H20BrFN4O3. The Balaban J connectivity index is 1.34. The number of nitrogens with zero attached hydrogens (tertiary/aromatic N) is 4. The third-order valence-corrected chi connectivity index (χ3v) is 6.96. The number of rotatable bonds is 6. The van der Waals surface area contributed by atoms with Gasteiger partial charge in [-0.05, 0) is 66.1 Å². The molecule has 2 amide bonds. The van der Waals surface area contributed by atoms with E-state index < -0.39 is 6.23 Å². The Morgan fingerprint density at radius 1 is 1.03 bits per heavy atom. The molecule has 0 unspecified atom stereocenters. The highest BCUT2D eigenvalue weighted by Gasteiger charge is 2.36. The van der Waals surface area contributed by atoms with E-state index in [9.17, 15) is 14.0 Å². The first kappa shape index (κ1) is 23.4. The summed E-state index contributed by atoms with van der Waals surface area (Å²) in [6, 6.07) is 19.5. The Labute approximate surface area is 219 Å². The highest BCUT2D eigenvalue weighted by molar-refractivity contribution is 9.10. The molecule has 7 nitrogen and oxygen atoms in total. The third kappa shape index (κ3) is 4.63. The fraction of sp³-hybridized carbons (Fsp3) is 0.143. The van der Waals surface area contributed by atoms with Crippen LogP contribution in [-0.4, -0.2) is 39.6 Å². The van der Waals surface area contributed by atoms with E-state index in [0.717, 1.165) is 32.1 Å². The molecule has 0 bridgehead atoms. The van der Waals surface area contributed by atoms with Crippen molar-refractivity contribution in [3.63, 3.8) is 0 Å². The second-order valence-corrected chi connectivity index (χ2v) is 9.76. The lowest BCUT2D eigenvalue weighted by molar-refractivity contribution is -0.128. The SMILES string of the molecule is O=C1C=c2cc(CCN3C(=O)CO[C@@H]3c3nn(-c4ccc(Br)cc4)cc3-c3ccc(F)cc3)ccc2=N1. The molecule has 3 heterocycles. The Morgan fingerprint density at radius 3 is 2.59 bits per heavy atom. The van der Waals surface area contributed by atoms with Crippen LogP contribution in [0, 0.1) is 5.82 Å². The van der Waals surface area contributed by atoms with Gasteiger partial charge in [0.2, 0.25) is 0 Å². The van der Waals surface area contributed by atoms with Gasteiger partial charge in [0.25, 0.3) is 11.8 Å². The molecule has 2 aliphatic rings. The van der Waals surface area contributed by atoms with Crippen molar-refractivity contribution in [2.45, 2.75) is 12.6 Å². The van der Waals surface area contributed by atoms with Gasteiger partial charge in [-0.3, -0.25) is 9.59 Å². The minimum atomic E-state index is -0.693. The second-order valence-electron chi connectivity index (χ2n) is 8.84. The van der Waals surface area contributed by atoms with Gasteiger partial charge in [-0.25, -0.2) is 14.1 Å². The van der Waals surface area contributed by atoms with Crippen LogP contribution >= 0.6 is 15.9 Å². The van der Waals surface area contributed by atoms with E-state index in [-0.39, 0.29) is 24.2 Å². The largest absolute Gasteiger partial charge is 0.342 e. The molecule has 0 saturated carbocycles. The number of halogens is 2. The lowest BCUT2D eigenvalue weighted by Gasteiger charge is -2.23. The smallest absolute Gasteiger partial charge is 0.270 e. The third-order valence-electron chi connectivity index (χ3n) is 6.43. The average molecular weight is 559 g/mol. The Hall–Kier alpha value is -3.95. The van der Waals surface area contributed by atoms with Crippen molar-refractivity contribution in [1.82, 2.24) is 14.7 Å². The predicted octanol–water partition coefficient (Wildman–Crippen LogP) is 3.48. The molecule has 4 aromatic rings. The van der Waals surface area contributed by atoms with Crippen LogP contribution in [0.15, 0.2) is 82.4 Å². The minimum Gasteiger partial charge on any atom is -0.342 e. The fourth-order valence-electron chi connectivity index (χ4n) is 4.58. The van der Waals surface area contributed by atoms with E-state index in [0.29, 0.717) is 24.0 Å². The number of hydrogen-bond donors (Lipinski definition) is 0. The van der Waals surface area contributed by atoms with Crippen LogP contribution in [0.5, 0.6) is 0 Å². The zero-order valence-corrected chi connectivity index (χ0v) is 21.1. The normalized spacial score (nSPS) is 16.6. The highest BCUT2D eigenvalue weighted by atomic mass is 79.9. The summed E-state index contributed by atoms with van der Waals surface area (Å²) in [5.74, 6) is -0.725. The number of carbonyl (C=O) groups is 2. The number of benzene rings is 3. The first-order chi connectivity index (χ1) is 17.9. The van der Waals surface area contributed by atoms with E-state index >= 15 is 0 Å². The van der Waals surface area contributed by atoms with Crippen molar-refractivity contribution < 1.29 is 18.7 Å². The molecule has 1 fully saturated rings. The standard InChI is InChI=1S/C28H20BrFN4O3/c29-20-4-8-22(9-5-20)34-15-23(18-2-6-21(30)7-3-18)27(32-34)28-33(26(36)16-37-28)12-11-17-1-10-24-19(13-17)14-25(35)31-24/h1-10,13-15,28H,11-12,16H2/t28-/m1/s1. The minimum absolute atomic E-state index is 0.0516. The van der Waals surface area contributed by atoms with Gasteiger partial charge >= 0.3 is 0 Å². The molecule has 0 radical (unpaired) electrons. The van der Waals surface area contributed by atoms with Crippen LogP contribution in [0.25, 0.3) is 22.9 Å². The van der Waals surface area contributed by atoms with Crippen LogP contribution < -0.4 is 10.6 Å². The molecule has 3 aromatic carbocycles. The summed E-state index contributed by atoms with van der Waals surface area (Å²) in [6.07, 6.45) is 3.25. The molecular weight excluding hydrogens is 539 g/mol. The molecule has 1 saturated heterocycles. The summed E-state index contributed by atoms with van der Waals surface area (Å²) < 4.78 is 22.3. The first-order valence-corrected chi connectivity index (χ1v) is 12.5. The summed E-state index contributed by atoms with van der Waals surface area (Å²) in [4.78, 5) is 30.1. The average Bonchev–Trinajstić information content (AvgIpc) is 3.59. The Bertz CT molecular complexity index is 1650. The van der Waals surface area contributed by atoms with Crippen molar-refractivity contribution in [2.75, 3.05) is 13.2 Å². The molecule has 9 heteroatoms. The van der Waals surface area contributed by atoms with Crippen molar-refractivity contribution in [2.24, 2.45) is 4.99 Å². The van der Waals surface area contributed by atoms with Gasteiger partial charge in [-0.2, -0.15) is 5.10 Å². The van der Waals surface area contributed by atoms with E-state index in [2.05, 4.69) is 20.9 Å². The number of fused-ring (bicyclic) bond motifs is 1. The summed E-state index contributed by atoms with van der Waals surface area (Å²) in [7, 11) is 0. The van der Waals surface area contributed by atoms with Gasteiger partial charge in [0, 0.05) is 34.1 Å². The summed E-state index contributed by atoms with van der Waals surface area (Å²) in [5.41, 5.74) is 3.91. The highest BCUT2D eigenvalue weighted by Crippen LogP contribution is 2.35. The van der Waals surface area contributed by atoms with Crippen LogP contribution in [-0.2, 0) is 20.7 Å². The van der Waals surface area contributed by atoms with Gasteiger partial charge < -0.3 is 9.64 Å². The number of hydrogen-bond acceptors (Lipinski definition) is 4. The van der Waals surface area contributed by atoms with Gasteiger partial charge in [-0.1, -0.05) is 34.1 Å². The summed E-state index contributed by atoms with van der Waals surface area (Å²) in [5, 5.41) is 6.27. The van der Waals surface area contributed by atoms with Crippen molar-refractivity contribution >= 4 is 33.8 Å².